The molecule has 21 heavy (non-hydrogen) atoms. The van der Waals surface area contributed by atoms with Gasteiger partial charge in [0.15, 0.2) is 5.96 Å². The zero-order chi connectivity index (χ0) is 14.5. The van der Waals surface area contributed by atoms with E-state index in [2.05, 4.69) is 42.8 Å². The van der Waals surface area contributed by atoms with E-state index in [1.165, 1.54) is 0 Å². The second kappa shape index (κ2) is 8.74. The summed E-state index contributed by atoms with van der Waals surface area (Å²) in [7, 11) is 3.69. The van der Waals surface area contributed by atoms with Crippen molar-refractivity contribution < 1.29 is 4.74 Å². The van der Waals surface area contributed by atoms with Gasteiger partial charge in [0.05, 0.1) is 19.3 Å². The van der Waals surface area contributed by atoms with Crippen molar-refractivity contribution in [1.29, 1.82) is 0 Å². The normalized spacial score (nSPS) is 19.1. The average Bonchev–Trinajstić information content (AvgIpc) is 2.86. The fourth-order valence-electron chi connectivity index (χ4n) is 2.16. The van der Waals surface area contributed by atoms with E-state index in [9.17, 15) is 0 Å². The number of aromatic nitrogens is 2. The Kier molecular flexibility index (Phi) is 7.67. The van der Waals surface area contributed by atoms with E-state index in [4.69, 9.17) is 4.74 Å². The number of ether oxygens (including phenoxy) is 1. The summed E-state index contributed by atoms with van der Waals surface area (Å²) in [5, 5.41) is 7.46. The van der Waals surface area contributed by atoms with Crippen molar-refractivity contribution in [1.82, 2.24) is 20.0 Å². The Labute approximate surface area is 150 Å². The minimum absolute atomic E-state index is 0. The van der Waals surface area contributed by atoms with Crippen LogP contribution in [-0.4, -0.2) is 53.9 Å². The molecule has 0 saturated carbocycles. The highest BCUT2D eigenvalue weighted by molar-refractivity contribution is 14.0. The van der Waals surface area contributed by atoms with Crippen molar-refractivity contribution in [3.8, 4) is 0 Å². The summed E-state index contributed by atoms with van der Waals surface area (Å²) < 4.78 is 8.51. The molecule has 1 unspecified atom stereocenters. The molecule has 0 aliphatic carbocycles. The third-order valence-electron chi connectivity index (χ3n) is 3.11. The molecule has 2 heterocycles. The van der Waals surface area contributed by atoms with Gasteiger partial charge in [-0.3, -0.25) is 9.67 Å². The first-order valence-electron chi connectivity index (χ1n) is 6.49. The zero-order valence-corrected chi connectivity index (χ0v) is 16.2. The van der Waals surface area contributed by atoms with Crippen LogP contribution in [0.4, 0.5) is 0 Å². The average molecular weight is 470 g/mol. The van der Waals surface area contributed by atoms with Crippen molar-refractivity contribution in [2.24, 2.45) is 12.0 Å². The molecule has 1 fully saturated rings. The molecule has 1 saturated heterocycles. The number of hydrogen-bond donors (Lipinski definition) is 1. The van der Waals surface area contributed by atoms with Crippen LogP contribution in [0.25, 0.3) is 0 Å². The van der Waals surface area contributed by atoms with Crippen LogP contribution in [-0.2, 0) is 11.8 Å². The van der Waals surface area contributed by atoms with Gasteiger partial charge in [-0.05, 0) is 0 Å². The molecule has 0 radical (unpaired) electrons. The lowest BCUT2D eigenvalue weighted by Gasteiger charge is -2.34. The van der Waals surface area contributed by atoms with Gasteiger partial charge in [-0.2, -0.15) is 5.10 Å². The van der Waals surface area contributed by atoms with Crippen LogP contribution >= 0.6 is 39.9 Å². The molecule has 8 heteroatoms. The smallest absolute Gasteiger partial charge is 0.194 e. The number of aryl methyl sites for hydroxylation is 1. The largest absolute Gasteiger partial charge is 0.370 e. The first kappa shape index (κ1) is 18.4. The molecule has 2 rings (SSSR count). The molecule has 0 amide bonds. The molecular formula is C13H21BrIN5O. The van der Waals surface area contributed by atoms with E-state index in [0.717, 1.165) is 29.1 Å². The number of guanidine groups is 1. The van der Waals surface area contributed by atoms with Gasteiger partial charge in [-0.25, -0.2) is 0 Å². The molecule has 6 nitrogen and oxygen atoms in total. The monoisotopic (exact) mass is 469 g/mol. The second-order valence-corrected chi connectivity index (χ2v) is 5.79. The Hall–Kier alpha value is -0.610. The van der Waals surface area contributed by atoms with Crippen LogP contribution in [0.5, 0.6) is 0 Å². The Morgan fingerprint density at radius 3 is 3.00 bits per heavy atom. The van der Waals surface area contributed by atoms with Crippen LogP contribution in [0.3, 0.4) is 0 Å². The zero-order valence-electron chi connectivity index (χ0n) is 12.3. The molecule has 118 valence electrons. The number of halogens is 2. The van der Waals surface area contributed by atoms with Crippen molar-refractivity contribution in [2.45, 2.75) is 6.10 Å². The fourth-order valence-corrected chi connectivity index (χ4v) is 2.30. The van der Waals surface area contributed by atoms with Crippen LogP contribution < -0.4 is 5.32 Å². The van der Waals surface area contributed by atoms with Crippen molar-refractivity contribution in [2.75, 3.05) is 33.3 Å². The maximum atomic E-state index is 5.82. The minimum Gasteiger partial charge on any atom is -0.370 e. The molecule has 0 bridgehead atoms. The van der Waals surface area contributed by atoms with Gasteiger partial charge in [-0.1, -0.05) is 22.5 Å². The summed E-state index contributed by atoms with van der Waals surface area (Å²) in [6.45, 7) is 6.74. The third kappa shape index (κ3) is 5.26. The van der Waals surface area contributed by atoms with Crippen molar-refractivity contribution in [3.05, 3.63) is 29.0 Å². The standard InChI is InChI=1S/C13H20BrN5O.HI/c1-10(14)6-16-13(15-2)19-4-5-20-12(9-19)11-7-17-18(3)8-11;/h7-8,12H,1,4-6,9H2,2-3H3,(H,15,16);1H. The van der Waals surface area contributed by atoms with Gasteiger partial charge in [0.2, 0.25) is 0 Å². The van der Waals surface area contributed by atoms with Crippen molar-refractivity contribution >= 4 is 45.9 Å². The van der Waals surface area contributed by atoms with Crippen LogP contribution in [0.15, 0.2) is 28.4 Å². The molecule has 1 N–H and O–H groups in total. The first-order valence-corrected chi connectivity index (χ1v) is 7.28. The van der Waals surface area contributed by atoms with Crippen molar-refractivity contribution in [3.63, 3.8) is 0 Å². The molecule has 0 spiro atoms. The van der Waals surface area contributed by atoms with E-state index in [1.54, 1.807) is 11.7 Å². The Morgan fingerprint density at radius 2 is 2.43 bits per heavy atom. The molecule has 1 aromatic rings. The summed E-state index contributed by atoms with van der Waals surface area (Å²) in [6, 6.07) is 0. The minimum atomic E-state index is 0. The quantitative estimate of drug-likeness (QED) is 0.417. The molecule has 1 aliphatic heterocycles. The Bertz CT molecular complexity index is 505. The van der Waals surface area contributed by atoms with Gasteiger partial charge in [0.1, 0.15) is 6.10 Å². The van der Waals surface area contributed by atoms with Crippen LogP contribution in [0.2, 0.25) is 0 Å². The van der Waals surface area contributed by atoms with Gasteiger partial charge >= 0.3 is 0 Å². The SMILES string of the molecule is C=C(Br)CNC(=NC)N1CCOC(c2cnn(C)c2)C1.I. The Balaban J connectivity index is 0.00000220. The lowest BCUT2D eigenvalue weighted by atomic mass is 10.1. The van der Waals surface area contributed by atoms with E-state index in [1.807, 2.05) is 19.4 Å². The topological polar surface area (TPSA) is 54.7 Å². The van der Waals surface area contributed by atoms with E-state index in [0.29, 0.717) is 13.2 Å². The highest BCUT2D eigenvalue weighted by Gasteiger charge is 2.24. The van der Waals surface area contributed by atoms with Gasteiger partial charge in [0, 0.05) is 43.4 Å². The number of morpholine rings is 1. The molecule has 1 aromatic heterocycles. The maximum Gasteiger partial charge on any atom is 0.194 e. The third-order valence-corrected chi connectivity index (χ3v) is 3.39. The number of hydrogen-bond acceptors (Lipinski definition) is 3. The first-order chi connectivity index (χ1) is 9.60. The van der Waals surface area contributed by atoms with Gasteiger partial charge in [-0.15, -0.1) is 24.0 Å². The Morgan fingerprint density at radius 1 is 1.67 bits per heavy atom. The number of nitrogens with zero attached hydrogens (tertiary/aromatic N) is 4. The van der Waals surface area contributed by atoms with Gasteiger partial charge < -0.3 is 15.0 Å². The molecular weight excluding hydrogens is 449 g/mol. The van der Waals surface area contributed by atoms with Crippen LogP contribution in [0.1, 0.15) is 11.7 Å². The number of aliphatic imine (C=N–C) groups is 1. The highest BCUT2D eigenvalue weighted by Crippen LogP contribution is 2.21. The summed E-state index contributed by atoms with van der Waals surface area (Å²) in [5.74, 6) is 0.864. The lowest BCUT2D eigenvalue weighted by molar-refractivity contribution is -0.00796. The number of nitrogens with one attached hydrogen (secondary N) is 1. The maximum absolute atomic E-state index is 5.82. The van der Waals surface area contributed by atoms with E-state index < -0.39 is 0 Å². The highest BCUT2D eigenvalue weighted by atomic mass is 127. The lowest BCUT2D eigenvalue weighted by Crippen LogP contribution is -2.48. The number of rotatable bonds is 3. The summed E-state index contributed by atoms with van der Waals surface area (Å²) in [6.07, 6.45) is 3.87. The summed E-state index contributed by atoms with van der Waals surface area (Å²) in [5.41, 5.74) is 1.09. The second-order valence-electron chi connectivity index (χ2n) is 4.67. The molecule has 1 aliphatic rings. The fraction of sp³-hybridized carbons (Fsp3) is 0.538. The van der Waals surface area contributed by atoms with Crippen LogP contribution in [0, 0.1) is 0 Å². The predicted molar refractivity (Wildman–Crippen MR) is 98.3 cm³/mol. The van der Waals surface area contributed by atoms with Gasteiger partial charge in [0.25, 0.3) is 0 Å². The molecule has 0 aromatic carbocycles. The van der Waals surface area contributed by atoms with E-state index in [-0.39, 0.29) is 30.1 Å². The summed E-state index contributed by atoms with van der Waals surface area (Å²) >= 11 is 3.34. The molecule has 1 atom stereocenters. The van der Waals surface area contributed by atoms with E-state index >= 15 is 0 Å². The predicted octanol–water partition coefficient (Wildman–Crippen LogP) is 1.90. The summed E-state index contributed by atoms with van der Waals surface area (Å²) in [4.78, 5) is 6.50.